The minimum atomic E-state index is -0.223. The molecule has 0 saturated carbocycles. The van der Waals surface area contributed by atoms with Gasteiger partial charge in [0.05, 0.1) is 18.3 Å². The summed E-state index contributed by atoms with van der Waals surface area (Å²) in [5.41, 5.74) is 4.60. The molecule has 0 radical (unpaired) electrons. The van der Waals surface area contributed by atoms with E-state index in [-0.39, 0.29) is 17.9 Å². The molecule has 2 rings (SSSR count). The van der Waals surface area contributed by atoms with E-state index >= 15 is 0 Å². The third-order valence-corrected chi connectivity index (χ3v) is 5.20. The fourth-order valence-corrected chi connectivity index (χ4v) is 3.45. The van der Waals surface area contributed by atoms with Crippen LogP contribution in [0.15, 0.2) is 29.3 Å². The number of aliphatic imine (C=N–C) groups is 1. The van der Waals surface area contributed by atoms with Crippen LogP contribution in [0.4, 0.5) is 4.39 Å². The van der Waals surface area contributed by atoms with Gasteiger partial charge >= 0.3 is 0 Å². The topological polar surface area (TPSA) is 57.5 Å². The number of aromatic nitrogens is 2. The van der Waals surface area contributed by atoms with Gasteiger partial charge in [0.25, 0.3) is 0 Å². The molecule has 29 heavy (non-hydrogen) atoms. The number of aryl methyl sites for hydroxylation is 2. The first kappa shape index (κ1) is 22.9. The Kier molecular flexibility index (Phi) is 8.20. The van der Waals surface area contributed by atoms with Gasteiger partial charge in [-0.25, -0.2) is 4.39 Å². The molecule has 160 valence electrons. The zero-order chi connectivity index (χ0) is 21.6. The van der Waals surface area contributed by atoms with E-state index in [1.165, 1.54) is 23.4 Å². The smallest absolute Gasteiger partial charge is 0.191 e. The summed E-state index contributed by atoms with van der Waals surface area (Å²) >= 11 is 0. The number of benzene rings is 1. The molecule has 1 aromatic carbocycles. The average molecular weight is 403 g/mol. The van der Waals surface area contributed by atoms with Gasteiger partial charge in [-0.05, 0) is 71.5 Å². The van der Waals surface area contributed by atoms with Gasteiger partial charge in [0.2, 0.25) is 0 Å². The molecule has 0 aliphatic carbocycles. The van der Waals surface area contributed by atoms with Crippen molar-refractivity contribution in [2.75, 3.05) is 27.2 Å². The van der Waals surface area contributed by atoms with Crippen LogP contribution in [0.25, 0.3) is 0 Å². The van der Waals surface area contributed by atoms with E-state index in [2.05, 4.69) is 48.3 Å². The molecule has 2 N–H and O–H groups in total. The monoisotopic (exact) mass is 402 g/mol. The lowest BCUT2D eigenvalue weighted by molar-refractivity contribution is 0.306. The number of nitrogens with one attached hydrogen (secondary N) is 2. The van der Waals surface area contributed by atoms with Gasteiger partial charge in [0.1, 0.15) is 5.82 Å². The van der Waals surface area contributed by atoms with E-state index in [9.17, 15) is 4.39 Å². The van der Waals surface area contributed by atoms with Gasteiger partial charge in [-0.15, -0.1) is 0 Å². The lowest BCUT2D eigenvalue weighted by Gasteiger charge is -2.24. The fraction of sp³-hybridized carbons (Fsp3) is 0.545. The molecule has 1 aromatic heterocycles. The van der Waals surface area contributed by atoms with Crippen molar-refractivity contribution < 1.29 is 4.39 Å². The normalized spacial score (nSPS) is 14.2. The van der Waals surface area contributed by atoms with Gasteiger partial charge in [0, 0.05) is 25.3 Å². The molecule has 0 aliphatic heterocycles. The van der Waals surface area contributed by atoms with Crippen LogP contribution in [0.5, 0.6) is 0 Å². The van der Waals surface area contributed by atoms with Crippen molar-refractivity contribution in [2.45, 2.75) is 46.2 Å². The number of hydrogen-bond donors (Lipinski definition) is 2. The highest BCUT2D eigenvalue weighted by Gasteiger charge is 2.16. The number of nitrogens with zero attached hydrogens (tertiary/aromatic N) is 4. The van der Waals surface area contributed by atoms with Crippen molar-refractivity contribution >= 4 is 5.96 Å². The Morgan fingerprint density at radius 1 is 1.24 bits per heavy atom. The van der Waals surface area contributed by atoms with Crippen LogP contribution in [0.2, 0.25) is 0 Å². The quantitative estimate of drug-likeness (QED) is 0.527. The Labute approximate surface area is 174 Å². The number of guanidine groups is 1. The van der Waals surface area contributed by atoms with E-state index in [0.29, 0.717) is 6.54 Å². The van der Waals surface area contributed by atoms with E-state index < -0.39 is 0 Å². The van der Waals surface area contributed by atoms with Crippen molar-refractivity contribution in [3.8, 4) is 0 Å². The van der Waals surface area contributed by atoms with E-state index in [1.54, 1.807) is 0 Å². The van der Waals surface area contributed by atoms with Crippen molar-refractivity contribution in [1.29, 1.82) is 0 Å². The maximum Gasteiger partial charge on any atom is 0.191 e. The summed E-state index contributed by atoms with van der Waals surface area (Å²) in [5.74, 6) is 0.563. The summed E-state index contributed by atoms with van der Waals surface area (Å²) in [4.78, 5) is 6.91. The maximum atomic E-state index is 13.3. The minimum Gasteiger partial charge on any atom is -0.357 e. The molecule has 2 aromatic rings. The molecule has 7 heteroatoms. The van der Waals surface area contributed by atoms with Crippen molar-refractivity contribution in [1.82, 2.24) is 25.3 Å². The maximum absolute atomic E-state index is 13.3. The van der Waals surface area contributed by atoms with Crippen LogP contribution >= 0.6 is 0 Å². The van der Waals surface area contributed by atoms with Crippen LogP contribution in [0.3, 0.4) is 0 Å². The average Bonchev–Trinajstić information content (AvgIpc) is 2.89. The first-order valence-corrected chi connectivity index (χ1v) is 10.2. The fourth-order valence-electron chi connectivity index (χ4n) is 3.45. The van der Waals surface area contributed by atoms with Gasteiger partial charge < -0.3 is 15.5 Å². The molecule has 0 aliphatic rings. The van der Waals surface area contributed by atoms with Gasteiger partial charge in [-0.2, -0.15) is 5.10 Å². The molecule has 0 bridgehead atoms. The molecule has 0 amide bonds. The van der Waals surface area contributed by atoms with Crippen LogP contribution in [-0.2, 0) is 13.5 Å². The second kappa shape index (κ2) is 10.4. The van der Waals surface area contributed by atoms with Crippen molar-refractivity contribution in [2.24, 2.45) is 12.0 Å². The molecule has 1 heterocycles. The molecule has 0 spiro atoms. The molecular formula is C22H35FN6. The first-order chi connectivity index (χ1) is 13.7. The Morgan fingerprint density at radius 2 is 1.90 bits per heavy atom. The van der Waals surface area contributed by atoms with Gasteiger partial charge in [-0.1, -0.05) is 12.1 Å². The third-order valence-electron chi connectivity index (χ3n) is 5.20. The largest absolute Gasteiger partial charge is 0.357 e. The molecule has 6 nitrogen and oxygen atoms in total. The Balaban J connectivity index is 2.10. The highest BCUT2D eigenvalue weighted by molar-refractivity contribution is 5.80. The summed E-state index contributed by atoms with van der Waals surface area (Å²) < 4.78 is 15.2. The SMILES string of the molecule is CCNC(=NCC(c1ccc(F)cc1)N(C)C)NC(C)Cc1c(C)nn(C)c1C. The first-order valence-electron chi connectivity index (χ1n) is 10.2. The highest BCUT2D eigenvalue weighted by Crippen LogP contribution is 2.19. The Bertz CT molecular complexity index is 809. The summed E-state index contributed by atoms with van der Waals surface area (Å²) in [6, 6.07) is 6.93. The molecule has 0 fully saturated rings. The molecule has 0 saturated heterocycles. The lowest BCUT2D eigenvalue weighted by atomic mass is 10.1. The minimum absolute atomic E-state index is 0.0733. The Morgan fingerprint density at radius 3 is 2.41 bits per heavy atom. The van der Waals surface area contributed by atoms with Crippen LogP contribution in [0, 0.1) is 19.7 Å². The Hall–Kier alpha value is -2.41. The lowest BCUT2D eigenvalue weighted by Crippen LogP contribution is -2.43. The molecule has 2 unspecified atom stereocenters. The summed E-state index contributed by atoms with van der Waals surface area (Å²) in [7, 11) is 6.01. The second-order valence-corrected chi connectivity index (χ2v) is 7.77. The molecular weight excluding hydrogens is 367 g/mol. The predicted octanol–water partition coefficient (Wildman–Crippen LogP) is 2.97. The molecule has 2 atom stereocenters. The van der Waals surface area contributed by atoms with Gasteiger partial charge in [0.15, 0.2) is 5.96 Å². The number of hydrogen-bond acceptors (Lipinski definition) is 3. The van der Waals surface area contributed by atoms with Crippen LogP contribution < -0.4 is 10.6 Å². The van der Waals surface area contributed by atoms with Gasteiger partial charge in [-0.3, -0.25) is 9.67 Å². The summed E-state index contributed by atoms with van der Waals surface area (Å²) in [6.45, 7) is 9.73. The number of rotatable bonds is 8. The van der Waals surface area contributed by atoms with Crippen molar-refractivity contribution in [3.63, 3.8) is 0 Å². The van der Waals surface area contributed by atoms with E-state index in [0.717, 1.165) is 30.2 Å². The van der Waals surface area contributed by atoms with E-state index in [4.69, 9.17) is 4.99 Å². The standard InChI is InChI=1S/C22H35FN6/c1-8-24-22(26-15(2)13-20-16(3)27-29(7)17(20)4)25-14-21(28(5)6)18-9-11-19(23)12-10-18/h9-12,15,21H,8,13-14H2,1-7H3,(H2,24,25,26). The zero-order valence-electron chi connectivity index (χ0n) is 18.8. The van der Waals surface area contributed by atoms with Crippen LogP contribution in [-0.4, -0.2) is 53.9 Å². The van der Waals surface area contributed by atoms with E-state index in [1.807, 2.05) is 38.0 Å². The highest BCUT2D eigenvalue weighted by atomic mass is 19.1. The predicted molar refractivity (Wildman–Crippen MR) is 118 cm³/mol. The zero-order valence-corrected chi connectivity index (χ0v) is 18.8. The van der Waals surface area contributed by atoms with Crippen LogP contribution in [0.1, 0.15) is 42.4 Å². The third kappa shape index (κ3) is 6.29. The number of likely N-dealkylation sites (N-methyl/N-ethyl adjacent to an activating group) is 1. The summed E-state index contributed by atoms with van der Waals surface area (Å²) in [6.07, 6.45) is 0.880. The van der Waals surface area contributed by atoms with Crippen molar-refractivity contribution in [3.05, 3.63) is 52.6 Å². The second-order valence-electron chi connectivity index (χ2n) is 7.77. The summed E-state index contributed by atoms with van der Waals surface area (Å²) in [5, 5.41) is 11.3. The number of halogens is 1.